The lowest BCUT2D eigenvalue weighted by atomic mass is 10.2. The predicted octanol–water partition coefficient (Wildman–Crippen LogP) is 5.27. The average Bonchev–Trinajstić information content (AvgIpc) is 3.37. The SMILES string of the molecule is O=C(Nc1ccc(OCc2ccccc2)cc1)/C(=C/c1ccco1)NC(=O)c1ccccc1. The second-order valence-corrected chi connectivity index (χ2v) is 7.15. The van der Waals surface area contributed by atoms with Crippen LogP contribution in [0.3, 0.4) is 0 Å². The molecule has 0 aliphatic heterocycles. The molecule has 4 rings (SSSR count). The number of furan rings is 1. The number of amides is 2. The number of anilines is 1. The second-order valence-electron chi connectivity index (χ2n) is 7.15. The average molecular weight is 438 g/mol. The van der Waals surface area contributed by atoms with E-state index in [1.54, 1.807) is 60.7 Å². The first kappa shape index (κ1) is 21.6. The van der Waals surface area contributed by atoms with Gasteiger partial charge in [-0.2, -0.15) is 0 Å². The molecule has 164 valence electrons. The summed E-state index contributed by atoms with van der Waals surface area (Å²) in [6, 6.07) is 29.0. The summed E-state index contributed by atoms with van der Waals surface area (Å²) >= 11 is 0. The summed E-state index contributed by atoms with van der Waals surface area (Å²) in [4.78, 5) is 25.5. The molecule has 0 spiro atoms. The van der Waals surface area contributed by atoms with E-state index < -0.39 is 11.8 Å². The van der Waals surface area contributed by atoms with E-state index in [4.69, 9.17) is 9.15 Å². The molecule has 0 bridgehead atoms. The lowest BCUT2D eigenvalue weighted by Gasteiger charge is -2.12. The third-order valence-electron chi connectivity index (χ3n) is 4.72. The molecule has 1 aromatic heterocycles. The van der Waals surface area contributed by atoms with E-state index in [2.05, 4.69) is 10.6 Å². The highest BCUT2D eigenvalue weighted by atomic mass is 16.5. The number of carbonyl (C=O) groups is 2. The fourth-order valence-electron chi connectivity index (χ4n) is 3.03. The maximum Gasteiger partial charge on any atom is 0.272 e. The van der Waals surface area contributed by atoms with Crippen LogP contribution in [-0.2, 0) is 11.4 Å². The number of hydrogen-bond donors (Lipinski definition) is 2. The Kier molecular flexibility index (Phi) is 6.98. The van der Waals surface area contributed by atoms with Crippen LogP contribution < -0.4 is 15.4 Å². The van der Waals surface area contributed by atoms with Gasteiger partial charge in [0.05, 0.1) is 6.26 Å². The van der Waals surface area contributed by atoms with Gasteiger partial charge in [0.1, 0.15) is 23.8 Å². The zero-order valence-corrected chi connectivity index (χ0v) is 17.7. The van der Waals surface area contributed by atoms with Crippen LogP contribution in [0.5, 0.6) is 5.75 Å². The van der Waals surface area contributed by atoms with Crippen LogP contribution in [0.2, 0.25) is 0 Å². The van der Waals surface area contributed by atoms with Gasteiger partial charge in [-0.05, 0) is 54.1 Å². The quantitative estimate of drug-likeness (QED) is 0.367. The van der Waals surface area contributed by atoms with Crippen LogP contribution >= 0.6 is 0 Å². The molecule has 1 heterocycles. The highest BCUT2D eigenvalue weighted by Gasteiger charge is 2.15. The summed E-state index contributed by atoms with van der Waals surface area (Å²) < 4.78 is 11.1. The van der Waals surface area contributed by atoms with Crippen LogP contribution in [0.15, 0.2) is 113 Å². The summed E-state index contributed by atoms with van der Waals surface area (Å²) in [6.45, 7) is 0.452. The smallest absolute Gasteiger partial charge is 0.272 e. The molecule has 4 aromatic rings. The van der Waals surface area contributed by atoms with Crippen LogP contribution in [0.4, 0.5) is 5.69 Å². The fraction of sp³-hybridized carbons (Fsp3) is 0.0370. The van der Waals surface area contributed by atoms with E-state index in [-0.39, 0.29) is 5.70 Å². The molecule has 6 nitrogen and oxygen atoms in total. The normalized spacial score (nSPS) is 11.0. The minimum Gasteiger partial charge on any atom is -0.489 e. The summed E-state index contributed by atoms with van der Waals surface area (Å²) in [7, 11) is 0. The lowest BCUT2D eigenvalue weighted by Crippen LogP contribution is -2.30. The van der Waals surface area contributed by atoms with Crippen molar-refractivity contribution in [3.63, 3.8) is 0 Å². The van der Waals surface area contributed by atoms with Crippen LogP contribution in [0.1, 0.15) is 21.7 Å². The maximum absolute atomic E-state index is 12.9. The predicted molar refractivity (Wildman–Crippen MR) is 126 cm³/mol. The largest absolute Gasteiger partial charge is 0.489 e. The Morgan fingerprint density at radius 2 is 1.52 bits per heavy atom. The number of nitrogens with one attached hydrogen (secondary N) is 2. The van der Waals surface area contributed by atoms with Gasteiger partial charge in [0.25, 0.3) is 11.8 Å². The molecule has 0 radical (unpaired) electrons. The second kappa shape index (κ2) is 10.6. The van der Waals surface area contributed by atoms with Gasteiger partial charge in [0.2, 0.25) is 0 Å². The number of ether oxygens (including phenoxy) is 1. The Bertz CT molecular complexity index is 1220. The van der Waals surface area contributed by atoms with Gasteiger partial charge in [-0.1, -0.05) is 48.5 Å². The highest BCUT2D eigenvalue weighted by Crippen LogP contribution is 2.18. The zero-order chi connectivity index (χ0) is 22.9. The van der Waals surface area contributed by atoms with E-state index in [9.17, 15) is 9.59 Å². The van der Waals surface area contributed by atoms with Gasteiger partial charge in [-0.15, -0.1) is 0 Å². The number of carbonyl (C=O) groups excluding carboxylic acids is 2. The van der Waals surface area contributed by atoms with Crippen molar-refractivity contribution in [2.24, 2.45) is 0 Å². The van der Waals surface area contributed by atoms with Gasteiger partial charge < -0.3 is 19.8 Å². The van der Waals surface area contributed by atoms with Crippen molar-refractivity contribution in [3.05, 3.63) is 126 Å². The first-order chi connectivity index (χ1) is 16.2. The van der Waals surface area contributed by atoms with Gasteiger partial charge in [-0.25, -0.2) is 0 Å². The van der Waals surface area contributed by atoms with Crippen molar-refractivity contribution in [3.8, 4) is 5.75 Å². The summed E-state index contributed by atoms with van der Waals surface area (Å²) in [5, 5.41) is 5.46. The van der Waals surface area contributed by atoms with E-state index in [0.29, 0.717) is 29.4 Å². The van der Waals surface area contributed by atoms with Crippen molar-refractivity contribution in [2.75, 3.05) is 5.32 Å². The van der Waals surface area contributed by atoms with Crippen LogP contribution in [-0.4, -0.2) is 11.8 Å². The fourth-order valence-corrected chi connectivity index (χ4v) is 3.03. The molecule has 3 aromatic carbocycles. The molecule has 0 aliphatic carbocycles. The zero-order valence-electron chi connectivity index (χ0n) is 17.7. The lowest BCUT2D eigenvalue weighted by molar-refractivity contribution is -0.113. The third kappa shape index (κ3) is 6.21. The van der Waals surface area contributed by atoms with E-state index in [1.165, 1.54) is 12.3 Å². The molecule has 0 saturated heterocycles. The molecular formula is C27H22N2O4. The third-order valence-corrected chi connectivity index (χ3v) is 4.72. The monoisotopic (exact) mass is 438 g/mol. The first-order valence-corrected chi connectivity index (χ1v) is 10.4. The molecule has 0 fully saturated rings. The Morgan fingerprint density at radius 3 is 2.18 bits per heavy atom. The van der Waals surface area contributed by atoms with Crippen molar-refractivity contribution < 1.29 is 18.7 Å². The molecule has 33 heavy (non-hydrogen) atoms. The molecule has 0 saturated carbocycles. The molecule has 2 amide bonds. The number of hydrogen-bond acceptors (Lipinski definition) is 4. The Hall–Kier alpha value is -4.58. The minimum absolute atomic E-state index is 0.0585. The highest BCUT2D eigenvalue weighted by molar-refractivity contribution is 6.10. The minimum atomic E-state index is -0.478. The summed E-state index contributed by atoms with van der Waals surface area (Å²) in [6.07, 6.45) is 2.97. The first-order valence-electron chi connectivity index (χ1n) is 10.4. The molecule has 0 atom stereocenters. The van der Waals surface area contributed by atoms with Gasteiger partial charge >= 0.3 is 0 Å². The molecule has 0 aliphatic rings. The molecule has 6 heteroatoms. The van der Waals surface area contributed by atoms with E-state index >= 15 is 0 Å². The van der Waals surface area contributed by atoms with Gasteiger partial charge in [0.15, 0.2) is 0 Å². The van der Waals surface area contributed by atoms with E-state index in [1.807, 2.05) is 36.4 Å². The van der Waals surface area contributed by atoms with Crippen LogP contribution in [0, 0.1) is 0 Å². The van der Waals surface area contributed by atoms with Crippen LogP contribution in [0.25, 0.3) is 6.08 Å². The Morgan fingerprint density at radius 1 is 0.818 bits per heavy atom. The standard InChI is InChI=1S/C27H22N2O4/c30-26(21-10-5-2-6-11-21)29-25(18-24-12-7-17-32-24)27(31)28-22-13-15-23(16-14-22)33-19-20-8-3-1-4-9-20/h1-18H,19H2,(H,28,31)(H,29,30)/b25-18-. The van der Waals surface area contributed by atoms with Gasteiger partial charge in [-0.3, -0.25) is 9.59 Å². The van der Waals surface area contributed by atoms with Crippen molar-refractivity contribution >= 4 is 23.6 Å². The number of rotatable bonds is 8. The Balaban J connectivity index is 1.43. The van der Waals surface area contributed by atoms with Crippen molar-refractivity contribution in [1.29, 1.82) is 0 Å². The number of benzene rings is 3. The van der Waals surface area contributed by atoms with Gasteiger partial charge in [0, 0.05) is 17.3 Å². The molecular weight excluding hydrogens is 416 g/mol. The summed E-state index contributed by atoms with van der Waals surface area (Å²) in [5.74, 6) is 0.251. The summed E-state index contributed by atoms with van der Waals surface area (Å²) in [5.41, 5.74) is 2.13. The van der Waals surface area contributed by atoms with Crippen molar-refractivity contribution in [2.45, 2.75) is 6.61 Å². The van der Waals surface area contributed by atoms with Crippen molar-refractivity contribution in [1.82, 2.24) is 5.32 Å². The molecule has 2 N–H and O–H groups in total. The Labute approximate surface area is 191 Å². The molecule has 0 unspecified atom stereocenters. The maximum atomic E-state index is 12.9. The topological polar surface area (TPSA) is 80.6 Å². The van der Waals surface area contributed by atoms with E-state index in [0.717, 1.165) is 5.56 Å².